The van der Waals surface area contributed by atoms with Gasteiger partial charge in [-0.25, -0.2) is 4.79 Å². The lowest BCUT2D eigenvalue weighted by atomic mass is 9.84. The van der Waals surface area contributed by atoms with E-state index in [1.165, 1.54) is 12.0 Å². The molecule has 4 rings (SSSR count). The number of hydrogen-bond acceptors (Lipinski definition) is 9. The van der Waals surface area contributed by atoms with Gasteiger partial charge in [-0.3, -0.25) is 14.4 Å². The van der Waals surface area contributed by atoms with Crippen molar-refractivity contribution in [2.45, 2.75) is 77.2 Å². The lowest BCUT2D eigenvalue weighted by Crippen LogP contribution is -2.59. The number of benzene rings is 1. The quantitative estimate of drug-likeness (QED) is 0.359. The lowest BCUT2D eigenvalue weighted by Gasteiger charge is -2.42. The normalized spacial score (nSPS) is 23.5. The molecule has 1 aromatic carbocycles. The third-order valence-corrected chi connectivity index (χ3v) is 7.65. The molecule has 42 heavy (non-hydrogen) atoms. The highest BCUT2D eigenvalue weighted by atomic mass is 16.6. The molecule has 12 nitrogen and oxygen atoms in total. The van der Waals surface area contributed by atoms with Crippen molar-refractivity contribution in [1.82, 2.24) is 4.90 Å². The fourth-order valence-electron chi connectivity index (χ4n) is 5.44. The van der Waals surface area contributed by atoms with Crippen molar-refractivity contribution in [2.24, 2.45) is 11.8 Å². The Morgan fingerprint density at radius 2 is 1.79 bits per heavy atom. The number of aliphatic hydroxyl groups is 1. The summed E-state index contributed by atoms with van der Waals surface area (Å²) >= 11 is 0. The zero-order valence-corrected chi connectivity index (χ0v) is 25.5. The van der Waals surface area contributed by atoms with Gasteiger partial charge in [0.15, 0.2) is 5.60 Å². The number of rotatable bonds is 8. The number of carbonyl (C=O) groups excluding carboxylic acids is 4. The highest BCUT2D eigenvalue weighted by molar-refractivity contribution is 6.04. The summed E-state index contributed by atoms with van der Waals surface area (Å²) in [6.07, 6.45) is 0.0531. The van der Waals surface area contributed by atoms with Gasteiger partial charge < -0.3 is 38.8 Å². The third kappa shape index (κ3) is 6.64. The van der Waals surface area contributed by atoms with Gasteiger partial charge in [0.25, 0.3) is 5.91 Å². The van der Waals surface area contributed by atoms with E-state index in [1.807, 2.05) is 0 Å². The third-order valence-electron chi connectivity index (χ3n) is 7.65. The second-order valence-electron chi connectivity index (χ2n) is 12.6. The van der Waals surface area contributed by atoms with Crippen LogP contribution in [0, 0.1) is 11.8 Å². The van der Waals surface area contributed by atoms with Gasteiger partial charge in [-0.1, -0.05) is 0 Å². The molecular formula is C30H43N3O9. The predicted octanol–water partition coefficient (Wildman–Crippen LogP) is 2.74. The highest BCUT2D eigenvalue weighted by Gasteiger charge is 2.49. The summed E-state index contributed by atoms with van der Waals surface area (Å²) in [5.41, 5.74) is -0.781. The number of aliphatic hydroxyl groups excluding tert-OH is 1. The van der Waals surface area contributed by atoms with Crippen molar-refractivity contribution < 1.29 is 43.2 Å². The number of fused-ring (bicyclic) bond motifs is 1. The molecule has 2 heterocycles. The zero-order chi connectivity index (χ0) is 31.0. The standard InChI is InChI=1S/C30H43N3O9/c1-29(2,3)42-28(38)31-16-20(24(34)21(17-31)26(36)40-7)25(35)33(18-9-10-18)19-11-12-23-22(15-19)32(13-8-14-39-6)27(37)30(4,5)41-23/h11-12,15,18,20-21,24,34H,8-10,13-14,16-17H2,1-7H3/t20?,21?,24-/m0/s1. The molecule has 232 valence electrons. The van der Waals surface area contributed by atoms with Crippen molar-refractivity contribution in [3.63, 3.8) is 0 Å². The van der Waals surface area contributed by atoms with E-state index < -0.39 is 47.1 Å². The molecular weight excluding hydrogens is 546 g/mol. The number of esters is 1. The van der Waals surface area contributed by atoms with Crippen molar-refractivity contribution >= 4 is 35.3 Å². The Labute approximate surface area is 246 Å². The maximum atomic E-state index is 14.2. The Kier molecular flexibility index (Phi) is 9.08. The lowest BCUT2D eigenvalue weighted by molar-refractivity contribution is -0.156. The van der Waals surface area contributed by atoms with E-state index in [0.717, 1.165) is 12.8 Å². The van der Waals surface area contributed by atoms with Gasteiger partial charge in [-0.15, -0.1) is 0 Å². The number of methoxy groups -OCH3 is 2. The summed E-state index contributed by atoms with van der Waals surface area (Å²) < 4.78 is 21.6. The van der Waals surface area contributed by atoms with E-state index in [-0.39, 0.29) is 25.0 Å². The number of piperidine rings is 1. The maximum absolute atomic E-state index is 14.2. The molecule has 1 aliphatic carbocycles. The van der Waals surface area contributed by atoms with Crippen LogP contribution >= 0.6 is 0 Å². The van der Waals surface area contributed by atoms with E-state index >= 15 is 0 Å². The van der Waals surface area contributed by atoms with Crippen molar-refractivity contribution in [3.05, 3.63) is 18.2 Å². The average Bonchev–Trinajstić information content (AvgIpc) is 3.75. The van der Waals surface area contributed by atoms with Crippen LogP contribution in [0.15, 0.2) is 18.2 Å². The summed E-state index contributed by atoms with van der Waals surface area (Å²) in [6, 6.07) is 5.12. The minimum absolute atomic E-state index is 0.129. The largest absolute Gasteiger partial charge is 0.476 e. The van der Waals surface area contributed by atoms with Gasteiger partial charge in [0.2, 0.25) is 5.91 Å². The fraction of sp³-hybridized carbons (Fsp3) is 0.667. The van der Waals surface area contributed by atoms with Crippen LogP contribution < -0.4 is 14.5 Å². The number of likely N-dealkylation sites (tertiary alicyclic amines) is 1. The van der Waals surface area contributed by atoms with Crippen molar-refractivity contribution in [1.29, 1.82) is 0 Å². The number of hydrogen-bond donors (Lipinski definition) is 1. The first-order chi connectivity index (χ1) is 19.7. The van der Waals surface area contributed by atoms with Gasteiger partial charge >= 0.3 is 12.1 Å². The molecule has 2 unspecified atom stereocenters. The molecule has 1 saturated heterocycles. The molecule has 12 heteroatoms. The van der Waals surface area contributed by atoms with Crippen molar-refractivity contribution in [2.75, 3.05) is 50.3 Å². The Balaban J connectivity index is 1.68. The SMILES string of the molecule is COCCCN1C(=O)C(C)(C)Oc2ccc(N(C(=O)C3CN(C(=O)OC(C)(C)C)CC(C(=O)OC)[C@H]3O)C3CC3)cc21. The van der Waals surface area contributed by atoms with Gasteiger partial charge in [-0.2, -0.15) is 0 Å². The van der Waals surface area contributed by atoms with E-state index in [9.17, 15) is 24.3 Å². The topological polar surface area (TPSA) is 135 Å². The zero-order valence-electron chi connectivity index (χ0n) is 25.5. The maximum Gasteiger partial charge on any atom is 0.410 e. The van der Waals surface area contributed by atoms with Gasteiger partial charge in [0.05, 0.1) is 24.8 Å². The Morgan fingerprint density at radius 3 is 2.38 bits per heavy atom. The van der Waals surface area contributed by atoms with Crippen molar-refractivity contribution in [3.8, 4) is 5.75 Å². The number of carbonyl (C=O) groups is 4. The summed E-state index contributed by atoms with van der Waals surface area (Å²) in [6.45, 7) is 9.22. The molecule has 3 amide bonds. The van der Waals surface area contributed by atoms with E-state index in [2.05, 4.69) is 0 Å². The van der Waals surface area contributed by atoms with Crippen LogP contribution in [0.5, 0.6) is 5.75 Å². The first-order valence-electron chi connectivity index (χ1n) is 14.4. The Morgan fingerprint density at radius 1 is 1.12 bits per heavy atom. The molecule has 1 N–H and O–H groups in total. The first-order valence-corrected chi connectivity index (χ1v) is 14.4. The summed E-state index contributed by atoms with van der Waals surface area (Å²) in [5, 5.41) is 11.3. The van der Waals surface area contributed by atoms with E-state index in [0.29, 0.717) is 36.7 Å². The second-order valence-corrected chi connectivity index (χ2v) is 12.6. The molecule has 2 fully saturated rings. The van der Waals surface area contributed by atoms with E-state index in [1.54, 1.807) is 69.7 Å². The minimum atomic E-state index is -1.38. The highest BCUT2D eigenvalue weighted by Crippen LogP contribution is 2.43. The van der Waals surface area contributed by atoms with Crippen LogP contribution in [-0.2, 0) is 28.6 Å². The van der Waals surface area contributed by atoms with E-state index in [4.69, 9.17) is 18.9 Å². The molecule has 3 aliphatic rings. The van der Waals surface area contributed by atoms with Gasteiger partial charge in [0.1, 0.15) is 17.3 Å². The average molecular weight is 590 g/mol. The first kappa shape index (κ1) is 31.6. The van der Waals surface area contributed by atoms with Crippen LogP contribution in [0.1, 0.15) is 53.9 Å². The summed E-state index contributed by atoms with van der Waals surface area (Å²) in [5.74, 6) is -3.07. The number of ether oxygens (including phenoxy) is 4. The molecule has 3 atom stereocenters. The second kappa shape index (κ2) is 12.1. The number of anilines is 2. The Hall–Kier alpha value is -3.38. The molecule has 0 aromatic heterocycles. The van der Waals surface area contributed by atoms with Crippen LogP contribution in [0.2, 0.25) is 0 Å². The van der Waals surface area contributed by atoms with Crippen LogP contribution in [-0.4, -0.2) is 97.7 Å². The van der Waals surface area contributed by atoms with Crippen LogP contribution in [0.3, 0.4) is 0 Å². The smallest absolute Gasteiger partial charge is 0.410 e. The number of nitrogens with zero attached hydrogens (tertiary/aromatic N) is 3. The molecule has 0 radical (unpaired) electrons. The summed E-state index contributed by atoms with van der Waals surface area (Å²) in [7, 11) is 2.80. The molecule has 1 aromatic rings. The van der Waals surface area contributed by atoms with Gasteiger partial charge in [-0.05, 0) is 72.1 Å². The molecule has 0 spiro atoms. The molecule has 0 bridgehead atoms. The van der Waals surface area contributed by atoms with Gasteiger partial charge in [0, 0.05) is 45.1 Å². The number of amides is 3. The molecule has 1 saturated carbocycles. The monoisotopic (exact) mass is 589 g/mol. The minimum Gasteiger partial charge on any atom is -0.476 e. The molecule has 2 aliphatic heterocycles. The summed E-state index contributed by atoms with van der Waals surface area (Å²) in [4.78, 5) is 57.8. The van der Waals surface area contributed by atoms with Crippen LogP contribution in [0.4, 0.5) is 16.2 Å². The fourth-order valence-corrected chi connectivity index (χ4v) is 5.44. The van der Waals surface area contributed by atoms with Crippen LogP contribution in [0.25, 0.3) is 0 Å². The predicted molar refractivity (Wildman–Crippen MR) is 153 cm³/mol. The Bertz CT molecular complexity index is 1210.